The highest BCUT2D eigenvalue weighted by molar-refractivity contribution is 5.80. The minimum Gasteiger partial charge on any atom is -0.338 e. The van der Waals surface area contributed by atoms with Gasteiger partial charge in [0, 0.05) is 26.2 Å². The van der Waals surface area contributed by atoms with Crippen molar-refractivity contribution in [2.45, 2.75) is 13.0 Å². The topological polar surface area (TPSA) is 75.9 Å². The lowest BCUT2D eigenvalue weighted by Crippen LogP contribution is -2.50. The van der Waals surface area contributed by atoms with Crippen molar-refractivity contribution in [3.8, 4) is 0 Å². The zero-order valence-corrected chi connectivity index (χ0v) is 8.88. The maximum Gasteiger partial charge on any atom is 0.295 e. The zero-order chi connectivity index (χ0) is 11.4. The zero-order valence-electron chi connectivity index (χ0n) is 8.88. The molecule has 0 aliphatic carbocycles. The highest BCUT2D eigenvalue weighted by atomic mass is 17.0. The van der Waals surface area contributed by atoms with Gasteiger partial charge in [0.1, 0.15) is 0 Å². The summed E-state index contributed by atoms with van der Waals surface area (Å²) >= 11 is 0. The van der Waals surface area contributed by atoms with E-state index in [1.54, 1.807) is 4.90 Å². The quantitative estimate of drug-likeness (QED) is 0.464. The number of carbonyl (C=O) groups excluding carboxylic acids is 1. The summed E-state index contributed by atoms with van der Waals surface area (Å²) in [6.45, 7) is 4.17. The van der Waals surface area contributed by atoms with Crippen LogP contribution in [0, 0.1) is 10.1 Å². The van der Waals surface area contributed by atoms with Gasteiger partial charge in [-0.2, -0.15) is 0 Å². The van der Waals surface area contributed by atoms with Crippen molar-refractivity contribution in [1.29, 1.82) is 0 Å². The Kier molecular flexibility index (Phi) is 3.84. The van der Waals surface area contributed by atoms with Crippen LogP contribution in [0.3, 0.4) is 0 Å². The van der Waals surface area contributed by atoms with Crippen LogP contribution >= 0.6 is 0 Å². The van der Waals surface area contributed by atoms with Gasteiger partial charge in [0.25, 0.3) is 11.0 Å². The number of piperazine rings is 1. The molecule has 7 nitrogen and oxygen atoms in total. The molecular formula is C8H15N3O4. The van der Waals surface area contributed by atoms with Gasteiger partial charge < -0.3 is 14.6 Å². The maximum absolute atomic E-state index is 11.6. The van der Waals surface area contributed by atoms with E-state index in [2.05, 4.69) is 9.74 Å². The number of hydrogen-bond donors (Lipinski definition) is 0. The van der Waals surface area contributed by atoms with E-state index in [4.69, 9.17) is 0 Å². The van der Waals surface area contributed by atoms with Crippen LogP contribution < -0.4 is 0 Å². The Labute approximate surface area is 87.7 Å². The molecule has 86 valence electrons. The van der Waals surface area contributed by atoms with Gasteiger partial charge in [-0.1, -0.05) is 0 Å². The number of amides is 1. The average molecular weight is 217 g/mol. The van der Waals surface area contributed by atoms with Crippen LogP contribution in [0.5, 0.6) is 0 Å². The smallest absolute Gasteiger partial charge is 0.295 e. The molecule has 0 aromatic carbocycles. The fourth-order valence-corrected chi connectivity index (χ4v) is 1.46. The van der Waals surface area contributed by atoms with E-state index >= 15 is 0 Å². The second kappa shape index (κ2) is 4.92. The van der Waals surface area contributed by atoms with Crippen molar-refractivity contribution >= 4 is 5.91 Å². The van der Waals surface area contributed by atoms with Crippen LogP contribution in [0.25, 0.3) is 0 Å². The molecule has 15 heavy (non-hydrogen) atoms. The van der Waals surface area contributed by atoms with E-state index in [1.807, 2.05) is 7.05 Å². The van der Waals surface area contributed by atoms with Crippen LogP contribution in [0.1, 0.15) is 6.92 Å². The van der Waals surface area contributed by atoms with Crippen molar-refractivity contribution < 1.29 is 14.7 Å². The molecule has 1 saturated heterocycles. The van der Waals surface area contributed by atoms with Crippen LogP contribution in [0.15, 0.2) is 0 Å². The van der Waals surface area contributed by atoms with E-state index in [0.717, 1.165) is 13.1 Å². The van der Waals surface area contributed by atoms with Crippen molar-refractivity contribution in [2.24, 2.45) is 0 Å². The van der Waals surface area contributed by atoms with Gasteiger partial charge in [-0.15, -0.1) is 10.1 Å². The van der Waals surface area contributed by atoms with Crippen molar-refractivity contribution in [2.75, 3.05) is 33.2 Å². The summed E-state index contributed by atoms with van der Waals surface area (Å²) in [6.07, 6.45) is -1.01. The molecule has 1 unspecified atom stereocenters. The van der Waals surface area contributed by atoms with Gasteiger partial charge >= 0.3 is 0 Å². The molecule has 1 rings (SSSR count). The van der Waals surface area contributed by atoms with Gasteiger partial charge in [-0.3, -0.25) is 4.79 Å². The summed E-state index contributed by atoms with van der Waals surface area (Å²) in [5.74, 6) is -0.320. The van der Waals surface area contributed by atoms with Gasteiger partial charge in [0.05, 0.1) is 0 Å². The van der Waals surface area contributed by atoms with Gasteiger partial charge in [-0.05, 0) is 14.0 Å². The molecule has 0 radical (unpaired) electrons. The Morgan fingerprint density at radius 1 is 1.40 bits per heavy atom. The Bertz CT molecular complexity index is 250. The maximum atomic E-state index is 11.6. The van der Waals surface area contributed by atoms with E-state index in [9.17, 15) is 14.9 Å². The molecule has 0 spiro atoms. The molecule has 0 N–H and O–H groups in total. The minimum atomic E-state index is -1.01. The lowest BCUT2D eigenvalue weighted by Gasteiger charge is -2.33. The third kappa shape index (κ3) is 3.35. The standard InChI is InChI=1S/C8H15N3O4/c1-7(15-11(13)14)8(12)10-5-3-9(2)4-6-10/h7H,3-6H2,1-2H3. The highest BCUT2D eigenvalue weighted by Gasteiger charge is 2.25. The number of rotatable bonds is 3. The summed E-state index contributed by atoms with van der Waals surface area (Å²) < 4.78 is 0. The molecule has 1 heterocycles. The summed E-state index contributed by atoms with van der Waals surface area (Å²) in [4.78, 5) is 29.6. The SMILES string of the molecule is CC(O[N+](=O)[O-])C(=O)N1CCN(C)CC1. The first kappa shape index (κ1) is 11.7. The second-order valence-electron chi connectivity index (χ2n) is 3.60. The molecular weight excluding hydrogens is 202 g/mol. The largest absolute Gasteiger partial charge is 0.338 e. The molecule has 1 aliphatic rings. The molecule has 1 aliphatic heterocycles. The van der Waals surface area contributed by atoms with Gasteiger partial charge in [0.15, 0.2) is 6.10 Å². The Balaban J connectivity index is 2.42. The third-order valence-corrected chi connectivity index (χ3v) is 2.41. The minimum absolute atomic E-state index is 0.320. The molecule has 0 aromatic heterocycles. The summed E-state index contributed by atoms with van der Waals surface area (Å²) in [7, 11) is 1.97. The number of likely N-dealkylation sites (N-methyl/N-ethyl adjacent to an activating group) is 1. The van der Waals surface area contributed by atoms with E-state index in [0.29, 0.717) is 13.1 Å². The van der Waals surface area contributed by atoms with Crippen LogP contribution in [-0.4, -0.2) is 60.1 Å². The lowest BCUT2D eigenvalue weighted by molar-refractivity contribution is -0.763. The van der Waals surface area contributed by atoms with E-state index < -0.39 is 11.2 Å². The monoisotopic (exact) mass is 217 g/mol. The summed E-state index contributed by atoms with van der Waals surface area (Å²) in [6, 6.07) is 0. The van der Waals surface area contributed by atoms with Crippen LogP contribution in [-0.2, 0) is 9.63 Å². The Morgan fingerprint density at radius 2 is 1.93 bits per heavy atom. The highest BCUT2D eigenvalue weighted by Crippen LogP contribution is 2.04. The van der Waals surface area contributed by atoms with Gasteiger partial charge in [0.2, 0.25) is 0 Å². The van der Waals surface area contributed by atoms with Crippen molar-refractivity contribution in [1.82, 2.24) is 9.80 Å². The van der Waals surface area contributed by atoms with Crippen molar-refractivity contribution in [3.63, 3.8) is 0 Å². The molecule has 0 bridgehead atoms. The second-order valence-corrected chi connectivity index (χ2v) is 3.60. The fourth-order valence-electron chi connectivity index (χ4n) is 1.46. The molecule has 1 amide bonds. The first-order chi connectivity index (χ1) is 7.00. The number of nitrogens with zero attached hydrogens (tertiary/aromatic N) is 3. The van der Waals surface area contributed by atoms with Crippen LogP contribution in [0.2, 0.25) is 0 Å². The van der Waals surface area contributed by atoms with Crippen LogP contribution in [0.4, 0.5) is 0 Å². The number of hydrogen-bond acceptors (Lipinski definition) is 5. The fraction of sp³-hybridized carbons (Fsp3) is 0.875. The molecule has 7 heteroatoms. The van der Waals surface area contributed by atoms with Crippen molar-refractivity contribution in [3.05, 3.63) is 10.1 Å². The lowest BCUT2D eigenvalue weighted by atomic mass is 10.3. The molecule has 1 atom stereocenters. The average Bonchev–Trinajstić information content (AvgIpc) is 2.17. The predicted octanol–water partition coefficient (Wildman–Crippen LogP) is -0.643. The molecule has 0 aromatic rings. The Morgan fingerprint density at radius 3 is 2.40 bits per heavy atom. The first-order valence-corrected chi connectivity index (χ1v) is 4.79. The first-order valence-electron chi connectivity index (χ1n) is 4.79. The third-order valence-electron chi connectivity index (χ3n) is 2.41. The number of carbonyl (C=O) groups is 1. The Hall–Kier alpha value is -1.37. The summed E-state index contributed by atoms with van der Waals surface area (Å²) in [5, 5.41) is 9.12. The van der Waals surface area contributed by atoms with Gasteiger partial charge in [-0.25, -0.2) is 0 Å². The van der Waals surface area contributed by atoms with E-state index in [-0.39, 0.29) is 5.91 Å². The molecule has 0 saturated carbocycles. The summed E-state index contributed by atoms with van der Waals surface area (Å²) in [5.41, 5.74) is 0. The van der Waals surface area contributed by atoms with E-state index in [1.165, 1.54) is 6.92 Å². The molecule has 1 fully saturated rings. The normalized spacial score (nSPS) is 19.7. The predicted molar refractivity (Wildman–Crippen MR) is 51.6 cm³/mol.